The quantitative estimate of drug-likeness (QED) is 0.416. The second-order valence-electron chi connectivity index (χ2n) is 8.86. The van der Waals surface area contributed by atoms with E-state index in [4.69, 9.17) is 4.74 Å². The van der Waals surface area contributed by atoms with Crippen LogP contribution in [0, 0.1) is 0 Å². The van der Waals surface area contributed by atoms with Crippen molar-refractivity contribution in [1.29, 1.82) is 0 Å². The Hall–Kier alpha value is -3.67. The lowest BCUT2D eigenvalue weighted by atomic mass is 9.86. The molecule has 4 aromatic rings. The summed E-state index contributed by atoms with van der Waals surface area (Å²) in [5.74, 6) is 1.66. The van der Waals surface area contributed by atoms with Crippen molar-refractivity contribution in [2.24, 2.45) is 0 Å². The first kappa shape index (κ1) is 21.6. The second kappa shape index (κ2) is 8.83. The average molecular weight is 429 g/mol. The Bertz CT molecular complexity index is 1220. The van der Waals surface area contributed by atoms with Crippen LogP contribution in [-0.4, -0.2) is 27.5 Å². The zero-order valence-electron chi connectivity index (χ0n) is 18.9. The van der Waals surface area contributed by atoms with E-state index in [1.165, 1.54) is 5.56 Å². The van der Waals surface area contributed by atoms with Gasteiger partial charge in [-0.3, -0.25) is 4.79 Å². The third-order valence-corrected chi connectivity index (χ3v) is 5.46. The molecule has 164 valence electrons. The molecule has 6 nitrogen and oxygen atoms in total. The highest BCUT2D eigenvalue weighted by molar-refractivity contribution is 5.97. The standard InChI is InChI=1S/C26H28N4O2/c1-26(2,3)20-9-7-19(8-10-20)23(31)15-21-16-25(30-24(29-21)13-14-28-30)27-17-18-5-11-22(32-4)12-6-18/h5-14,16,27H,15,17H2,1-4H3. The number of rotatable bonds is 7. The van der Waals surface area contributed by atoms with E-state index < -0.39 is 0 Å². The smallest absolute Gasteiger partial charge is 0.168 e. The van der Waals surface area contributed by atoms with Gasteiger partial charge in [-0.1, -0.05) is 57.2 Å². The molecular weight excluding hydrogens is 400 g/mol. The fourth-order valence-electron chi connectivity index (χ4n) is 3.54. The Kier molecular flexibility index (Phi) is 5.95. The third kappa shape index (κ3) is 4.80. The molecule has 2 aromatic heterocycles. The molecule has 0 atom stereocenters. The van der Waals surface area contributed by atoms with E-state index in [9.17, 15) is 4.79 Å². The number of hydrogen-bond acceptors (Lipinski definition) is 5. The van der Waals surface area contributed by atoms with Gasteiger partial charge in [0.2, 0.25) is 0 Å². The number of carbonyl (C=O) groups excluding carboxylic acids is 1. The number of Topliss-reactive ketones (excluding diaryl/α,β-unsaturated/α-hetero) is 1. The van der Waals surface area contributed by atoms with Gasteiger partial charge >= 0.3 is 0 Å². The van der Waals surface area contributed by atoms with Crippen molar-refractivity contribution in [3.8, 4) is 5.75 Å². The maximum absolute atomic E-state index is 12.9. The molecule has 0 aliphatic carbocycles. The van der Waals surface area contributed by atoms with Gasteiger partial charge in [0, 0.05) is 24.2 Å². The summed E-state index contributed by atoms with van der Waals surface area (Å²) in [6, 6.07) is 19.5. The van der Waals surface area contributed by atoms with Crippen LogP contribution in [0.4, 0.5) is 5.82 Å². The van der Waals surface area contributed by atoms with E-state index in [0.29, 0.717) is 23.4 Å². The number of hydrogen-bond donors (Lipinski definition) is 1. The molecule has 0 saturated carbocycles. The number of nitrogens with zero attached hydrogens (tertiary/aromatic N) is 3. The van der Waals surface area contributed by atoms with Gasteiger partial charge < -0.3 is 10.1 Å². The number of methoxy groups -OCH3 is 1. The van der Waals surface area contributed by atoms with E-state index in [-0.39, 0.29) is 17.6 Å². The monoisotopic (exact) mass is 428 g/mol. The topological polar surface area (TPSA) is 68.5 Å². The summed E-state index contributed by atoms with van der Waals surface area (Å²) in [6.07, 6.45) is 1.94. The molecule has 0 amide bonds. The van der Waals surface area contributed by atoms with Crippen LogP contribution >= 0.6 is 0 Å². The fraction of sp³-hybridized carbons (Fsp3) is 0.269. The van der Waals surface area contributed by atoms with Gasteiger partial charge in [-0.05, 0) is 28.7 Å². The Morgan fingerprint density at radius 1 is 1.03 bits per heavy atom. The Morgan fingerprint density at radius 2 is 1.75 bits per heavy atom. The summed E-state index contributed by atoms with van der Waals surface area (Å²) >= 11 is 0. The lowest BCUT2D eigenvalue weighted by Gasteiger charge is -2.19. The second-order valence-corrected chi connectivity index (χ2v) is 8.86. The predicted molar refractivity (Wildman–Crippen MR) is 126 cm³/mol. The summed E-state index contributed by atoms with van der Waals surface area (Å²) in [5, 5.41) is 7.77. The minimum absolute atomic E-state index is 0.0444. The van der Waals surface area contributed by atoms with Gasteiger partial charge in [0.1, 0.15) is 11.6 Å². The van der Waals surface area contributed by atoms with Crippen molar-refractivity contribution >= 4 is 17.2 Å². The van der Waals surface area contributed by atoms with Gasteiger partial charge in [0.05, 0.1) is 25.4 Å². The zero-order chi connectivity index (χ0) is 22.7. The van der Waals surface area contributed by atoms with Crippen LogP contribution in [0.15, 0.2) is 66.9 Å². The van der Waals surface area contributed by atoms with Crippen LogP contribution in [0.3, 0.4) is 0 Å². The molecule has 2 heterocycles. The summed E-state index contributed by atoms with van der Waals surface area (Å²) in [4.78, 5) is 17.5. The van der Waals surface area contributed by atoms with E-state index in [1.807, 2.05) is 60.7 Å². The summed E-state index contributed by atoms with van der Waals surface area (Å²) in [5.41, 5.74) is 4.48. The predicted octanol–water partition coefficient (Wildman–Crippen LogP) is 5.07. The third-order valence-electron chi connectivity index (χ3n) is 5.46. The molecule has 2 aromatic carbocycles. The molecule has 0 fully saturated rings. The maximum atomic E-state index is 12.9. The summed E-state index contributed by atoms with van der Waals surface area (Å²) in [7, 11) is 1.65. The van der Waals surface area contributed by atoms with Gasteiger partial charge in [0.25, 0.3) is 0 Å². The van der Waals surface area contributed by atoms with Crippen molar-refractivity contribution < 1.29 is 9.53 Å². The van der Waals surface area contributed by atoms with Crippen LogP contribution in [0.2, 0.25) is 0 Å². The number of anilines is 1. The molecule has 0 aliphatic heterocycles. The lowest BCUT2D eigenvalue weighted by molar-refractivity contribution is 0.0992. The summed E-state index contributed by atoms with van der Waals surface area (Å²) < 4.78 is 6.96. The lowest BCUT2D eigenvalue weighted by Crippen LogP contribution is -2.12. The number of ether oxygens (including phenoxy) is 1. The molecule has 0 spiro atoms. The molecule has 4 rings (SSSR count). The van der Waals surface area contributed by atoms with E-state index >= 15 is 0 Å². The van der Waals surface area contributed by atoms with E-state index in [1.54, 1.807) is 17.8 Å². The van der Waals surface area contributed by atoms with Gasteiger partial charge in [-0.15, -0.1) is 0 Å². The number of nitrogens with one attached hydrogen (secondary N) is 1. The molecule has 32 heavy (non-hydrogen) atoms. The molecule has 0 bridgehead atoms. The first-order valence-electron chi connectivity index (χ1n) is 10.7. The highest BCUT2D eigenvalue weighted by Crippen LogP contribution is 2.23. The average Bonchev–Trinajstić information content (AvgIpc) is 3.26. The van der Waals surface area contributed by atoms with E-state index in [2.05, 4.69) is 36.2 Å². The molecule has 6 heteroatoms. The van der Waals surface area contributed by atoms with Gasteiger partial charge in [-0.2, -0.15) is 9.61 Å². The molecule has 1 N–H and O–H groups in total. The number of aromatic nitrogens is 3. The van der Waals surface area contributed by atoms with Crippen LogP contribution in [0.1, 0.15) is 48.0 Å². The van der Waals surface area contributed by atoms with Gasteiger partial charge in [-0.25, -0.2) is 4.98 Å². The molecule has 0 radical (unpaired) electrons. The maximum Gasteiger partial charge on any atom is 0.168 e. The summed E-state index contributed by atoms with van der Waals surface area (Å²) in [6.45, 7) is 7.10. The Labute approximate surface area is 188 Å². The highest BCUT2D eigenvalue weighted by Gasteiger charge is 2.16. The van der Waals surface area contributed by atoms with Crippen molar-refractivity contribution in [1.82, 2.24) is 14.6 Å². The van der Waals surface area contributed by atoms with Gasteiger partial charge in [0.15, 0.2) is 11.4 Å². The van der Waals surface area contributed by atoms with E-state index in [0.717, 1.165) is 17.1 Å². The van der Waals surface area contributed by atoms with Crippen LogP contribution < -0.4 is 10.1 Å². The minimum atomic E-state index is 0.0444. The van der Waals surface area contributed by atoms with Crippen molar-refractivity contribution in [2.75, 3.05) is 12.4 Å². The van der Waals surface area contributed by atoms with Crippen LogP contribution in [0.25, 0.3) is 5.65 Å². The Morgan fingerprint density at radius 3 is 2.41 bits per heavy atom. The van der Waals surface area contributed by atoms with Crippen LogP contribution in [0.5, 0.6) is 5.75 Å². The number of carbonyl (C=O) groups is 1. The normalized spacial score (nSPS) is 11.5. The van der Waals surface area contributed by atoms with Crippen molar-refractivity contribution in [3.63, 3.8) is 0 Å². The molecule has 0 aliphatic rings. The van der Waals surface area contributed by atoms with Crippen molar-refractivity contribution in [2.45, 2.75) is 39.2 Å². The number of fused-ring (bicyclic) bond motifs is 1. The SMILES string of the molecule is COc1ccc(CNc2cc(CC(=O)c3ccc(C(C)(C)C)cc3)nc3ccnn23)cc1. The fourth-order valence-corrected chi connectivity index (χ4v) is 3.54. The number of ketones is 1. The molecular formula is C26H28N4O2. The van der Waals surface area contributed by atoms with Crippen LogP contribution in [-0.2, 0) is 18.4 Å². The minimum Gasteiger partial charge on any atom is -0.497 e. The first-order chi connectivity index (χ1) is 15.3. The number of benzene rings is 2. The Balaban J connectivity index is 1.52. The molecule has 0 unspecified atom stereocenters. The highest BCUT2D eigenvalue weighted by atomic mass is 16.5. The molecule has 0 saturated heterocycles. The largest absolute Gasteiger partial charge is 0.497 e. The zero-order valence-corrected chi connectivity index (χ0v) is 18.9. The first-order valence-corrected chi connectivity index (χ1v) is 10.7. The van der Waals surface area contributed by atoms with Crippen molar-refractivity contribution in [3.05, 3.63) is 89.2 Å².